The predicted octanol–water partition coefficient (Wildman–Crippen LogP) is 1.84. The summed E-state index contributed by atoms with van der Waals surface area (Å²) in [5.74, 6) is 0.684. The second-order valence-electron chi connectivity index (χ2n) is 6.58. The van der Waals surface area contributed by atoms with E-state index in [4.69, 9.17) is 0 Å². The molecule has 0 bridgehead atoms. The lowest BCUT2D eigenvalue weighted by molar-refractivity contribution is 0.169. The second-order valence-corrected chi connectivity index (χ2v) is 8.47. The van der Waals surface area contributed by atoms with Crippen molar-refractivity contribution in [1.29, 1.82) is 0 Å². The van der Waals surface area contributed by atoms with Gasteiger partial charge in [-0.1, -0.05) is 26.0 Å². The summed E-state index contributed by atoms with van der Waals surface area (Å²) in [7, 11) is -2.07. The van der Waals surface area contributed by atoms with Crippen molar-refractivity contribution in [2.45, 2.75) is 51.5 Å². The molecule has 0 atom stereocenters. The van der Waals surface area contributed by atoms with Crippen molar-refractivity contribution in [2.75, 3.05) is 26.7 Å². The van der Waals surface area contributed by atoms with Gasteiger partial charge in [-0.15, -0.1) is 0 Å². The van der Waals surface area contributed by atoms with Gasteiger partial charge in [0.15, 0.2) is 5.96 Å². The number of hydrogen-bond acceptors (Lipinski definition) is 4. The molecule has 0 unspecified atom stereocenters. The van der Waals surface area contributed by atoms with Crippen LogP contribution < -0.4 is 15.4 Å². The van der Waals surface area contributed by atoms with Crippen molar-refractivity contribution in [2.24, 2.45) is 10.4 Å². The second kappa shape index (κ2) is 11.3. The number of aliphatic hydroxyl groups is 1. The smallest absolute Gasteiger partial charge is 0.240 e. The molecule has 0 saturated heterocycles. The molecule has 0 fully saturated rings. The molecular formula is C19H34N4O3S. The average Bonchev–Trinajstić information content (AvgIpc) is 2.69. The van der Waals surface area contributed by atoms with Gasteiger partial charge in [-0.25, -0.2) is 18.1 Å². The zero-order valence-electron chi connectivity index (χ0n) is 16.9. The molecule has 7 nitrogen and oxygen atoms in total. The van der Waals surface area contributed by atoms with E-state index in [0.717, 1.165) is 37.9 Å². The van der Waals surface area contributed by atoms with Crippen LogP contribution in [-0.4, -0.2) is 46.2 Å². The Labute approximate surface area is 163 Å². The fourth-order valence-electron chi connectivity index (χ4n) is 2.89. The molecule has 27 heavy (non-hydrogen) atoms. The van der Waals surface area contributed by atoms with Gasteiger partial charge in [0.25, 0.3) is 0 Å². The average molecular weight is 399 g/mol. The van der Waals surface area contributed by atoms with Gasteiger partial charge >= 0.3 is 0 Å². The largest absolute Gasteiger partial charge is 0.396 e. The molecule has 0 spiro atoms. The summed E-state index contributed by atoms with van der Waals surface area (Å²) in [4.78, 5) is 4.81. The van der Waals surface area contributed by atoms with Crippen molar-refractivity contribution in [3.05, 3.63) is 29.8 Å². The summed E-state index contributed by atoms with van der Waals surface area (Å²) >= 11 is 0. The first-order valence-corrected chi connectivity index (χ1v) is 11.0. The van der Waals surface area contributed by atoms with E-state index in [2.05, 4.69) is 34.2 Å². The third-order valence-corrected chi connectivity index (χ3v) is 6.43. The molecule has 8 heteroatoms. The topological polar surface area (TPSA) is 103 Å². The van der Waals surface area contributed by atoms with Crippen molar-refractivity contribution >= 4 is 16.0 Å². The highest BCUT2D eigenvalue weighted by atomic mass is 32.2. The summed E-state index contributed by atoms with van der Waals surface area (Å²) < 4.78 is 26.2. The molecule has 0 heterocycles. The van der Waals surface area contributed by atoms with Crippen LogP contribution in [0.25, 0.3) is 0 Å². The van der Waals surface area contributed by atoms with Gasteiger partial charge in [0.2, 0.25) is 10.0 Å². The van der Waals surface area contributed by atoms with Crippen LogP contribution in [-0.2, 0) is 16.6 Å². The lowest BCUT2D eigenvalue weighted by Crippen LogP contribution is -2.43. The Hall–Kier alpha value is -1.64. The van der Waals surface area contributed by atoms with E-state index in [1.54, 1.807) is 18.2 Å². The Morgan fingerprint density at radius 3 is 2.44 bits per heavy atom. The fourth-order valence-corrected chi connectivity index (χ4v) is 3.69. The number of guanidine groups is 1. The van der Waals surface area contributed by atoms with Gasteiger partial charge in [0, 0.05) is 19.7 Å². The van der Waals surface area contributed by atoms with Crippen LogP contribution in [0.1, 0.15) is 45.6 Å². The summed E-state index contributed by atoms with van der Waals surface area (Å²) in [6, 6.07) is 6.77. The van der Waals surface area contributed by atoms with Crippen LogP contribution in [0, 0.1) is 5.41 Å². The summed E-state index contributed by atoms with van der Waals surface area (Å²) in [5.41, 5.74) is 0.849. The number of nitrogens with zero attached hydrogens (tertiary/aromatic N) is 1. The minimum Gasteiger partial charge on any atom is -0.396 e. The minimum atomic E-state index is -3.47. The van der Waals surface area contributed by atoms with E-state index >= 15 is 0 Å². The Morgan fingerprint density at radius 2 is 1.89 bits per heavy atom. The highest BCUT2D eigenvalue weighted by Crippen LogP contribution is 2.29. The number of hydrogen-bond donors (Lipinski definition) is 4. The van der Waals surface area contributed by atoms with E-state index in [9.17, 15) is 13.5 Å². The number of benzene rings is 1. The molecule has 1 rings (SSSR count). The van der Waals surface area contributed by atoms with Crippen molar-refractivity contribution < 1.29 is 13.5 Å². The Bertz CT molecular complexity index is 701. The molecule has 154 valence electrons. The van der Waals surface area contributed by atoms with Crippen LogP contribution >= 0.6 is 0 Å². The van der Waals surface area contributed by atoms with Crippen LogP contribution in [0.15, 0.2) is 34.2 Å². The zero-order chi connectivity index (χ0) is 20.3. The standard InChI is InChI=1S/C19H34N4O3S/c1-5-19(6-2,11-12-24)15-23-18(21-7-3)22-14-16-9-8-10-17(13-16)27(25,26)20-4/h8-10,13,20,24H,5-7,11-12,14-15H2,1-4H3,(H2,21,22,23). The third-order valence-electron chi connectivity index (χ3n) is 5.01. The van der Waals surface area contributed by atoms with Crippen molar-refractivity contribution in [3.63, 3.8) is 0 Å². The highest BCUT2D eigenvalue weighted by molar-refractivity contribution is 7.89. The van der Waals surface area contributed by atoms with Gasteiger partial charge in [-0.2, -0.15) is 0 Å². The van der Waals surface area contributed by atoms with Gasteiger partial charge in [-0.05, 0) is 56.3 Å². The van der Waals surface area contributed by atoms with Gasteiger partial charge in [0.05, 0.1) is 11.4 Å². The quantitative estimate of drug-likeness (QED) is 0.336. The molecule has 0 aliphatic carbocycles. The van der Waals surface area contributed by atoms with Crippen molar-refractivity contribution in [3.8, 4) is 0 Å². The zero-order valence-corrected chi connectivity index (χ0v) is 17.7. The van der Waals surface area contributed by atoms with Gasteiger partial charge in [-0.3, -0.25) is 0 Å². The monoisotopic (exact) mass is 398 g/mol. The Morgan fingerprint density at radius 1 is 1.19 bits per heavy atom. The Balaban J connectivity index is 2.89. The third kappa shape index (κ3) is 7.12. The molecule has 0 aliphatic rings. The highest BCUT2D eigenvalue weighted by Gasteiger charge is 2.25. The molecule has 0 radical (unpaired) electrons. The first-order chi connectivity index (χ1) is 12.9. The molecule has 4 N–H and O–H groups in total. The van der Waals surface area contributed by atoms with E-state index in [0.29, 0.717) is 12.5 Å². The number of nitrogens with one attached hydrogen (secondary N) is 3. The van der Waals surface area contributed by atoms with Crippen LogP contribution in [0.4, 0.5) is 0 Å². The van der Waals surface area contributed by atoms with Crippen LogP contribution in [0.5, 0.6) is 0 Å². The van der Waals surface area contributed by atoms with E-state index < -0.39 is 10.0 Å². The van der Waals surface area contributed by atoms with Crippen molar-refractivity contribution in [1.82, 2.24) is 15.4 Å². The minimum absolute atomic E-state index is 0.0335. The first-order valence-electron chi connectivity index (χ1n) is 9.52. The van der Waals surface area contributed by atoms with Gasteiger partial charge < -0.3 is 15.7 Å². The van der Waals surface area contributed by atoms with Crippen LogP contribution in [0.2, 0.25) is 0 Å². The maximum Gasteiger partial charge on any atom is 0.240 e. The molecule has 1 aromatic carbocycles. The lowest BCUT2D eigenvalue weighted by atomic mass is 9.79. The number of rotatable bonds is 11. The Kier molecular flexibility index (Phi) is 9.76. The molecular weight excluding hydrogens is 364 g/mol. The molecule has 0 aromatic heterocycles. The van der Waals surface area contributed by atoms with E-state index in [1.165, 1.54) is 7.05 Å². The normalized spacial score (nSPS) is 12.9. The molecule has 0 saturated carbocycles. The molecule has 0 aliphatic heterocycles. The SMILES string of the molecule is CCNC(=NCc1cccc(S(=O)(=O)NC)c1)NCC(CC)(CC)CCO. The first kappa shape index (κ1) is 23.4. The van der Waals surface area contributed by atoms with Gasteiger partial charge in [0.1, 0.15) is 0 Å². The maximum atomic E-state index is 11.9. The van der Waals surface area contributed by atoms with E-state index in [1.807, 2.05) is 13.0 Å². The molecule has 0 amide bonds. The summed E-state index contributed by atoms with van der Waals surface area (Å²) in [5, 5.41) is 16.0. The fraction of sp³-hybridized carbons (Fsp3) is 0.632. The van der Waals surface area contributed by atoms with E-state index in [-0.39, 0.29) is 16.9 Å². The summed E-state index contributed by atoms with van der Waals surface area (Å²) in [6.45, 7) is 8.26. The maximum absolute atomic E-state index is 11.9. The predicted molar refractivity (Wildman–Crippen MR) is 110 cm³/mol. The lowest BCUT2D eigenvalue weighted by Gasteiger charge is -2.32. The number of sulfonamides is 1. The summed E-state index contributed by atoms with van der Waals surface area (Å²) in [6.07, 6.45) is 2.69. The van der Waals surface area contributed by atoms with Crippen LogP contribution in [0.3, 0.4) is 0 Å². The number of aliphatic imine (C=N–C) groups is 1. The molecule has 1 aromatic rings. The number of aliphatic hydroxyl groups excluding tert-OH is 1.